The van der Waals surface area contributed by atoms with Crippen LogP contribution in [0.4, 0.5) is 4.39 Å². The third-order valence-electron chi connectivity index (χ3n) is 7.28. The summed E-state index contributed by atoms with van der Waals surface area (Å²) in [7, 11) is 3.57. The van der Waals surface area contributed by atoms with Crippen molar-refractivity contribution >= 4 is 16.8 Å². The van der Waals surface area contributed by atoms with Gasteiger partial charge in [-0.15, -0.1) is 0 Å². The van der Waals surface area contributed by atoms with Gasteiger partial charge in [0.05, 0.1) is 17.9 Å². The van der Waals surface area contributed by atoms with E-state index in [1.54, 1.807) is 19.4 Å². The van der Waals surface area contributed by atoms with E-state index in [0.29, 0.717) is 38.3 Å². The Kier molecular flexibility index (Phi) is 7.63. The molecule has 2 aromatic carbocycles. The SMILES string of the molecule is CNCc1ccc(F)c(C2CCN(C(=O)c3cn(CCOC)c4cccc(-c5ccccn5)c34)CC2)c1. The van der Waals surface area contributed by atoms with Crippen molar-refractivity contribution < 1.29 is 13.9 Å². The number of halogens is 1. The molecule has 7 heteroatoms. The molecule has 0 aliphatic carbocycles. The van der Waals surface area contributed by atoms with E-state index in [2.05, 4.69) is 14.9 Å². The number of benzene rings is 2. The van der Waals surface area contributed by atoms with Gasteiger partial charge in [0.15, 0.2) is 0 Å². The van der Waals surface area contributed by atoms with Crippen molar-refractivity contribution in [1.82, 2.24) is 19.8 Å². The summed E-state index contributed by atoms with van der Waals surface area (Å²) in [5.74, 6) is -0.0498. The zero-order valence-electron chi connectivity index (χ0n) is 21.4. The highest BCUT2D eigenvalue weighted by Crippen LogP contribution is 2.35. The van der Waals surface area contributed by atoms with Gasteiger partial charge < -0.3 is 19.5 Å². The highest BCUT2D eigenvalue weighted by molar-refractivity contribution is 6.12. The van der Waals surface area contributed by atoms with Crippen LogP contribution in [0.15, 0.2) is 67.0 Å². The molecule has 5 rings (SSSR count). The molecule has 0 atom stereocenters. The Morgan fingerprint density at radius 1 is 1.14 bits per heavy atom. The summed E-state index contributed by atoms with van der Waals surface area (Å²) in [4.78, 5) is 20.4. The number of likely N-dealkylation sites (tertiary alicyclic amines) is 1. The van der Waals surface area contributed by atoms with E-state index in [0.717, 1.165) is 46.1 Å². The van der Waals surface area contributed by atoms with Crippen molar-refractivity contribution in [3.05, 3.63) is 89.5 Å². The Morgan fingerprint density at radius 3 is 2.70 bits per heavy atom. The van der Waals surface area contributed by atoms with Crippen LogP contribution in [0.1, 0.15) is 40.2 Å². The molecule has 3 heterocycles. The molecule has 192 valence electrons. The Hall–Kier alpha value is -3.55. The molecular weight excluding hydrogens is 467 g/mol. The van der Waals surface area contributed by atoms with Crippen molar-refractivity contribution in [2.45, 2.75) is 31.8 Å². The maximum absolute atomic E-state index is 14.7. The van der Waals surface area contributed by atoms with Crippen LogP contribution >= 0.6 is 0 Å². The third-order valence-corrected chi connectivity index (χ3v) is 7.28. The Morgan fingerprint density at radius 2 is 1.97 bits per heavy atom. The predicted octanol–water partition coefficient (Wildman–Crippen LogP) is 5.23. The lowest BCUT2D eigenvalue weighted by Crippen LogP contribution is -2.38. The molecule has 4 aromatic rings. The zero-order valence-corrected chi connectivity index (χ0v) is 21.4. The number of pyridine rings is 1. The monoisotopic (exact) mass is 500 g/mol. The van der Waals surface area contributed by atoms with Crippen LogP contribution < -0.4 is 5.32 Å². The quantitative estimate of drug-likeness (QED) is 0.360. The van der Waals surface area contributed by atoms with Gasteiger partial charge in [0.1, 0.15) is 5.82 Å². The Balaban J connectivity index is 1.44. The number of carbonyl (C=O) groups excluding carboxylic acids is 1. The largest absolute Gasteiger partial charge is 0.383 e. The number of ether oxygens (including phenoxy) is 1. The van der Waals surface area contributed by atoms with Crippen molar-refractivity contribution in [2.24, 2.45) is 0 Å². The molecule has 0 spiro atoms. The Bertz CT molecular complexity index is 1380. The first-order chi connectivity index (χ1) is 18.1. The van der Waals surface area contributed by atoms with Crippen molar-refractivity contribution in [3.63, 3.8) is 0 Å². The van der Waals surface area contributed by atoms with Crippen LogP contribution in [-0.2, 0) is 17.8 Å². The van der Waals surface area contributed by atoms with E-state index in [9.17, 15) is 9.18 Å². The minimum atomic E-state index is -0.161. The van der Waals surface area contributed by atoms with Crippen LogP contribution in [0.2, 0.25) is 0 Å². The number of carbonyl (C=O) groups is 1. The lowest BCUT2D eigenvalue weighted by molar-refractivity contribution is 0.0714. The van der Waals surface area contributed by atoms with Crippen LogP contribution in [0.3, 0.4) is 0 Å². The van der Waals surface area contributed by atoms with Gasteiger partial charge in [-0.05, 0) is 61.2 Å². The number of methoxy groups -OCH3 is 1. The van der Waals surface area contributed by atoms with E-state index in [1.807, 2.05) is 66.7 Å². The fourth-order valence-corrected chi connectivity index (χ4v) is 5.41. The average molecular weight is 501 g/mol. The summed E-state index contributed by atoms with van der Waals surface area (Å²) in [6.45, 7) is 3.09. The minimum Gasteiger partial charge on any atom is -0.383 e. The summed E-state index contributed by atoms with van der Waals surface area (Å²) in [6, 6.07) is 17.2. The van der Waals surface area contributed by atoms with Crippen molar-refractivity contribution in [2.75, 3.05) is 33.9 Å². The molecule has 0 unspecified atom stereocenters. The molecule has 2 aromatic heterocycles. The molecule has 1 N–H and O–H groups in total. The first-order valence-corrected chi connectivity index (χ1v) is 12.8. The highest BCUT2D eigenvalue weighted by atomic mass is 19.1. The van der Waals surface area contributed by atoms with Crippen LogP contribution in [0.25, 0.3) is 22.2 Å². The molecule has 0 saturated carbocycles. The van der Waals surface area contributed by atoms with Gasteiger partial charge in [-0.3, -0.25) is 9.78 Å². The standard InChI is InChI=1S/C30H33FN4O2/c1-32-19-21-9-10-26(31)24(18-21)22-11-14-34(15-12-22)30(36)25-20-35(16-17-37-2)28-8-5-6-23(29(25)28)27-7-3-4-13-33-27/h3-10,13,18,20,22,32H,11-12,14-17,19H2,1-2H3. The predicted molar refractivity (Wildman–Crippen MR) is 144 cm³/mol. The van der Waals surface area contributed by atoms with E-state index in [-0.39, 0.29) is 17.6 Å². The smallest absolute Gasteiger partial charge is 0.256 e. The van der Waals surface area contributed by atoms with E-state index in [1.165, 1.54) is 0 Å². The summed E-state index contributed by atoms with van der Waals surface area (Å²) >= 11 is 0. The number of aromatic nitrogens is 2. The van der Waals surface area contributed by atoms with Crippen LogP contribution in [-0.4, -0.2) is 54.2 Å². The number of nitrogens with one attached hydrogen (secondary N) is 1. The average Bonchev–Trinajstić information content (AvgIpc) is 3.32. The highest BCUT2D eigenvalue weighted by Gasteiger charge is 2.29. The molecule has 1 aliphatic rings. The van der Waals surface area contributed by atoms with Gasteiger partial charge in [-0.25, -0.2) is 4.39 Å². The van der Waals surface area contributed by atoms with Crippen molar-refractivity contribution in [1.29, 1.82) is 0 Å². The first-order valence-electron chi connectivity index (χ1n) is 12.8. The minimum absolute atomic E-state index is 0.00686. The molecule has 6 nitrogen and oxygen atoms in total. The van der Waals surface area contributed by atoms with Gasteiger partial charge in [0.25, 0.3) is 5.91 Å². The lowest BCUT2D eigenvalue weighted by atomic mass is 9.88. The molecule has 37 heavy (non-hydrogen) atoms. The summed E-state index contributed by atoms with van der Waals surface area (Å²) in [5.41, 5.74) is 5.27. The number of hydrogen-bond donors (Lipinski definition) is 1. The second kappa shape index (κ2) is 11.2. The van der Waals surface area contributed by atoms with Gasteiger partial charge in [0.2, 0.25) is 0 Å². The molecule has 1 saturated heterocycles. The normalized spacial score (nSPS) is 14.4. The number of fused-ring (bicyclic) bond motifs is 1. The van der Waals surface area contributed by atoms with E-state index >= 15 is 0 Å². The number of rotatable bonds is 8. The van der Waals surface area contributed by atoms with E-state index in [4.69, 9.17) is 4.74 Å². The van der Waals surface area contributed by atoms with Gasteiger partial charge in [-0.2, -0.15) is 0 Å². The summed E-state index contributed by atoms with van der Waals surface area (Å²) in [6.07, 6.45) is 5.20. The number of nitrogens with zero attached hydrogens (tertiary/aromatic N) is 3. The van der Waals surface area contributed by atoms with Crippen LogP contribution in [0.5, 0.6) is 0 Å². The fourth-order valence-electron chi connectivity index (χ4n) is 5.41. The molecule has 0 bridgehead atoms. The topological polar surface area (TPSA) is 59.4 Å². The molecule has 0 radical (unpaired) electrons. The molecular formula is C30H33FN4O2. The second-order valence-corrected chi connectivity index (χ2v) is 9.60. The van der Waals surface area contributed by atoms with Gasteiger partial charge >= 0.3 is 0 Å². The molecule has 1 fully saturated rings. The molecule has 1 aliphatic heterocycles. The first kappa shape index (κ1) is 25.1. The Labute approximate surface area is 217 Å². The number of amides is 1. The van der Waals surface area contributed by atoms with E-state index < -0.39 is 0 Å². The maximum atomic E-state index is 14.7. The maximum Gasteiger partial charge on any atom is 0.256 e. The van der Waals surface area contributed by atoms with Gasteiger partial charge in [0, 0.05) is 62.1 Å². The molecule has 1 amide bonds. The summed E-state index contributed by atoms with van der Waals surface area (Å²) in [5, 5.41) is 4.04. The van der Waals surface area contributed by atoms with Crippen molar-refractivity contribution in [3.8, 4) is 11.3 Å². The second-order valence-electron chi connectivity index (χ2n) is 9.60. The third kappa shape index (κ3) is 5.15. The fraction of sp³-hybridized carbons (Fsp3) is 0.333. The number of piperidine rings is 1. The zero-order chi connectivity index (χ0) is 25.8. The van der Waals surface area contributed by atoms with Gasteiger partial charge in [-0.1, -0.05) is 30.3 Å². The van der Waals surface area contributed by atoms with Crippen LogP contribution in [0, 0.1) is 5.82 Å². The summed E-state index contributed by atoms with van der Waals surface area (Å²) < 4.78 is 22.1. The lowest BCUT2D eigenvalue weighted by Gasteiger charge is -2.32. The number of hydrogen-bond acceptors (Lipinski definition) is 4.